The van der Waals surface area contributed by atoms with Gasteiger partial charge in [0.05, 0.1) is 0 Å². The smallest absolute Gasteiger partial charge is 0.0123 e. The van der Waals surface area contributed by atoms with Crippen LogP contribution in [0.5, 0.6) is 0 Å². The molecule has 1 saturated heterocycles. The van der Waals surface area contributed by atoms with Gasteiger partial charge in [-0.15, -0.1) is 0 Å². The predicted octanol–water partition coefficient (Wildman–Crippen LogP) is 5.56. The van der Waals surface area contributed by atoms with Crippen LogP contribution in [-0.4, -0.2) is 20.4 Å². The van der Waals surface area contributed by atoms with Gasteiger partial charge in [0.15, 0.2) is 0 Å². The Kier molecular flexibility index (Phi) is 9.23. The third-order valence-electron chi connectivity index (χ3n) is 2.66. The molecule has 8 heteroatoms. The molecule has 0 aromatic rings. The van der Waals surface area contributed by atoms with Crippen molar-refractivity contribution in [3.63, 3.8) is 0 Å². The Hall–Kier alpha value is 1.99. The molecule has 96 valence electrons. The number of halogens is 4. The number of rotatable bonds is 2. The van der Waals surface area contributed by atoms with Crippen molar-refractivity contribution in [1.82, 2.24) is 0 Å². The summed E-state index contributed by atoms with van der Waals surface area (Å²) in [4.78, 5) is 0. The normalized spacial score (nSPS) is 21.5. The Labute approximate surface area is 112 Å². The van der Waals surface area contributed by atoms with Gasteiger partial charge in [0, 0.05) is 8.07 Å². The van der Waals surface area contributed by atoms with Crippen LogP contribution in [0.2, 0.25) is 12.1 Å². The van der Waals surface area contributed by atoms with Crippen molar-refractivity contribution in [2.75, 3.05) is 12.3 Å². The minimum Gasteiger partial charge on any atom is -0.680 e. The molecule has 0 aromatic carbocycles. The van der Waals surface area contributed by atoms with Crippen LogP contribution in [0.25, 0.3) is 11.5 Å². The van der Waals surface area contributed by atoms with E-state index >= 15 is 0 Å². The van der Waals surface area contributed by atoms with E-state index in [4.69, 9.17) is 49.1 Å². The molecular weight excluding hydrogens is 477 g/mol. The van der Waals surface area contributed by atoms with E-state index < -0.39 is 20.0 Å². The molecule has 0 aliphatic carbocycles. The van der Waals surface area contributed by atoms with Crippen LogP contribution in [0.1, 0.15) is 19.3 Å². The first-order valence-electron chi connectivity index (χ1n) is 4.60. The van der Waals surface area contributed by atoms with Gasteiger partial charge >= 0.3 is 49.6 Å². The maximum absolute atomic E-state index is 7.39. The Morgan fingerprint density at radius 3 is 1.40 bits per heavy atom. The van der Waals surface area contributed by atoms with Crippen LogP contribution in [0.15, 0.2) is 0 Å². The molecular formula is C7H16Cl4N2PtSi. The summed E-state index contributed by atoms with van der Waals surface area (Å²) >= 11 is -3.06. The van der Waals surface area contributed by atoms with E-state index in [2.05, 4.69) is 0 Å². The Balaban J connectivity index is 0.000000336. The van der Waals surface area contributed by atoms with E-state index in [0.717, 1.165) is 0 Å². The van der Waals surface area contributed by atoms with Gasteiger partial charge in [0.1, 0.15) is 0 Å². The topological polar surface area (TPSA) is 47.6 Å². The van der Waals surface area contributed by atoms with E-state index in [1.807, 2.05) is 0 Å². The molecule has 2 nitrogen and oxygen atoms in total. The van der Waals surface area contributed by atoms with Gasteiger partial charge in [-0.3, -0.25) is 0 Å². The van der Waals surface area contributed by atoms with Gasteiger partial charge in [0.2, 0.25) is 0 Å². The summed E-state index contributed by atoms with van der Waals surface area (Å²) in [6.07, 6.45) is 5.19. The van der Waals surface area contributed by atoms with Gasteiger partial charge in [-0.25, -0.2) is 0 Å². The summed E-state index contributed by atoms with van der Waals surface area (Å²) in [5, 5.41) is 0. The molecule has 0 aromatic heterocycles. The number of hydrogen-bond donors (Lipinski definition) is 0. The molecule has 0 spiro atoms. The molecule has 0 saturated carbocycles. The first-order chi connectivity index (χ1) is 6.83. The fraction of sp³-hybridized carbons (Fsp3) is 1.00. The Morgan fingerprint density at radius 2 is 1.20 bits per heavy atom. The summed E-state index contributed by atoms with van der Waals surface area (Å²) in [6, 6.07) is 2.53. The zero-order chi connectivity index (χ0) is 11.9. The Bertz CT molecular complexity index is 161. The van der Waals surface area contributed by atoms with Crippen LogP contribution in [-0.2, 0) is 11.9 Å². The zero-order valence-electron chi connectivity index (χ0n) is 8.28. The fourth-order valence-corrected chi connectivity index (χ4v) is 4.80. The molecule has 1 rings (SSSR count). The second kappa shape index (κ2) is 8.15. The molecule has 0 amide bonds. The van der Waals surface area contributed by atoms with Gasteiger partial charge in [0.25, 0.3) is 0 Å². The maximum atomic E-state index is 7.39. The summed E-state index contributed by atoms with van der Waals surface area (Å²) in [5.74, 6) is 0. The van der Waals surface area contributed by atoms with E-state index in [-0.39, 0.29) is 0 Å². The van der Waals surface area contributed by atoms with Gasteiger partial charge in [-0.2, -0.15) is 12.3 Å². The van der Waals surface area contributed by atoms with Gasteiger partial charge in [-0.1, -0.05) is 31.4 Å². The van der Waals surface area contributed by atoms with Crippen molar-refractivity contribution in [2.45, 2.75) is 31.4 Å². The van der Waals surface area contributed by atoms with E-state index in [1.54, 1.807) is 0 Å². The average molecular weight is 493 g/mol. The second-order valence-electron chi connectivity index (χ2n) is 3.69. The quantitative estimate of drug-likeness (QED) is 0.453. The minimum atomic E-state index is -3.06. The standard InChI is InChI=1S/C7H16N2Si.4ClH.Pt/c8-6-10(7-9)4-2-1-3-5-10;;;;;/h8-9H,1-7H2;4*1H;/q-2;;;;;+6/p-4. The molecule has 0 unspecified atom stereocenters. The van der Waals surface area contributed by atoms with E-state index in [0.29, 0.717) is 12.3 Å². The summed E-state index contributed by atoms with van der Waals surface area (Å²) in [6.45, 7) is 0. The largest absolute Gasteiger partial charge is 0.680 e. The Morgan fingerprint density at radius 1 is 0.867 bits per heavy atom. The van der Waals surface area contributed by atoms with Crippen molar-refractivity contribution in [2.24, 2.45) is 0 Å². The summed E-state index contributed by atoms with van der Waals surface area (Å²) in [5.41, 5.74) is 14.8. The predicted molar refractivity (Wildman–Crippen MR) is 71.0 cm³/mol. The van der Waals surface area contributed by atoms with Crippen molar-refractivity contribution >= 4 is 45.7 Å². The van der Waals surface area contributed by atoms with Crippen LogP contribution >= 0.6 is 37.7 Å². The number of hydrogen-bond acceptors (Lipinski definition) is 0. The molecule has 1 fully saturated rings. The van der Waals surface area contributed by atoms with Gasteiger partial charge in [-0.05, 0) is 0 Å². The van der Waals surface area contributed by atoms with Crippen LogP contribution in [0.3, 0.4) is 0 Å². The van der Waals surface area contributed by atoms with Crippen molar-refractivity contribution in [1.29, 1.82) is 0 Å². The second-order valence-corrected chi connectivity index (χ2v) is 28.1. The molecule has 1 aliphatic heterocycles. The van der Waals surface area contributed by atoms with Gasteiger partial charge < -0.3 is 11.5 Å². The minimum absolute atomic E-state index is 0.608. The van der Waals surface area contributed by atoms with E-state index in [1.165, 1.54) is 31.4 Å². The number of nitrogens with one attached hydrogen (secondary N) is 2. The first kappa shape index (κ1) is 17.0. The van der Waals surface area contributed by atoms with Crippen molar-refractivity contribution in [3.8, 4) is 0 Å². The molecule has 2 N–H and O–H groups in total. The molecule has 0 atom stereocenters. The SMILES string of the molecule is [Cl][Pt+2]([Cl])([Cl])[Cl].[NH-]C[Si]1(C[NH-])CCCCC1. The third kappa shape index (κ3) is 9.67. The zero-order valence-corrected chi connectivity index (χ0v) is 14.6. The van der Waals surface area contributed by atoms with Crippen molar-refractivity contribution in [3.05, 3.63) is 11.5 Å². The molecule has 1 aliphatic rings. The fourth-order valence-electron chi connectivity index (χ4n) is 1.72. The van der Waals surface area contributed by atoms with Crippen molar-refractivity contribution < 1.29 is 11.9 Å². The summed E-state index contributed by atoms with van der Waals surface area (Å²) < 4.78 is 0. The average Bonchev–Trinajstić information content (AvgIpc) is 2.16. The van der Waals surface area contributed by atoms with Crippen LogP contribution in [0, 0.1) is 0 Å². The molecule has 15 heavy (non-hydrogen) atoms. The monoisotopic (exact) mass is 491 g/mol. The van der Waals surface area contributed by atoms with Crippen LogP contribution in [0.4, 0.5) is 0 Å². The van der Waals surface area contributed by atoms with E-state index in [9.17, 15) is 0 Å². The molecule has 0 bridgehead atoms. The first-order valence-corrected chi connectivity index (χ1v) is 18.7. The third-order valence-corrected chi connectivity index (χ3v) is 6.99. The maximum Gasteiger partial charge on any atom is 0.0123 e. The summed E-state index contributed by atoms with van der Waals surface area (Å²) in [7, 11) is 18.7. The van der Waals surface area contributed by atoms with Crippen LogP contribution < -0.4 is 0 Å². The molecule has 1 heterocycles. The molecule has 0 radical (unpaired) electrons.